The van der Waals surface area contributed by atoms with Crippen LogP contribution < -0.4 is 10.6 Å². The van der Waals surface area contributed by atoms with Crippen LogP contribution in [0, 0.1) is 17.5 Å². The molecule has 2 aromatic carbocycles. The summed E-state index contributed by atoms with van der Waals surface area (Å²) in [6.45, 7) is 1.63. The molecule has 0 atom stereocenters. The first-order valence-corrected chi connectivity index (χ1v) is 8.78. The normalized spacial score (nSPS) is 13.2. The number of hydrogen-bond donors (Lipinski definition) is 2. The molecule has 0 saturated carbocycles. The Labute approximate surface area is 159 Å². The number of halogens is 3. The molecule has 0 aliphatic carbocycles. The van der Waals surface area contributed by atoms with E-state index >= 15 is 0 Å². The molecule has 0 bridgehead atoms. The van der Waals surface area contributed by atoms with Crippen LogP contribution in [0.2, 0.25) is 0 Å². The topological polar surface area (TPSA) is 59.0 Å². The number of imidazole rings is 1. The monoisotopic (exact) mass is 386 g/mol. The minimum absolute atomic E-state index is 0.0985. The second-order valence-corrected chi connectivity index (χ2v) is 6.66. The van der Waals surface area contributed by atoms with Crippen molar-refractivity contribution >= 4 is 11.6 Å². The molecule has 0 fully saturated rings. The largest absolute Gasteiger partial charge is 0.332 e. The number of carbonyl (C=O) groups is 1. The lowest BCUT2D eigenvalue weighted by atomic mass is 10.00. The summed E-state index contributed by atoms with van der Waals surface area (Å²) in [5.41, 5.74) is 2.62. The van der Waals surface area contributed by atoms with E-state index in [0.717, 1.165) is 36.2 Å². The predicted molar refractivity (Wildman–Crippen MR) is 97.5 cm³/mol. The highest BCUT2D eigenvalue weighted by Gasteiger charge is 2.17. The zero-order chi connectivity index (χ0) is 19.7. The summed E-state index contributed by atoms with van der Waals surface area (Å²) in [5.74, 6) is -2.90. The SMILES string of the molecule is O=C(Nc1cc2c(cc1F)CNCC2)c1cn(Cc2ccc(F)c(F)c2)cn1. The maximum atomic E-state index is 14.3. The quantitative estimate of drug-likeness (QED) is 0.724. The summed E-state index contributed by atoms with van der Waals surface area (Å²) in [6, 6.07) is 6.67. The highest BCUT2D eigenvalue weighted by atomic mass is 19.2. The molecule has 0 radical (unpaired) electrons. The number of fused-ring (bicyclic) bond motifs is 1. The van der Waals surface area contributed by atoms with Crippen molar-refractivity contribution in [3.63, 3.8) is 0 Å². The average molecular weight is 386 g/mol. The molecule has 3 aromatic rings. The minimum atomic E-state index is -0.936. The van der Waals surface area contributed by atoms with Crippen molar-refractivity contribution in [3.8, 4) is 0 Å². The molecule has 0 spiro atoms. The number of aromatic nitrogens is 2. The van der Waals surface area contributed by atoms with Gasteiger partial charge in [-0.05, 0) is 53.9 Å². The molecule has 8 heteroatoms. The van der Waals surface area contributed by atoms with Crippen molar-refractivity contribution in [1.82, 2.24) is 14.9 Å². The number of nitrogens with zero attached hydrogens (tertiary/aromatic N) is 2. The molecule has 1 aliphatic heterocycles. The molecule has 0 saturated heterocycles. The summed E-state index contributed by atoms with van der Waals surface area (Å²) in [7, 11) is 0. The molecule has 1 aliphatic rings. The summed E-state index contributed by atoms with van der Waals surface area (Å²) in [6.07, 6.45) is 3.64. The fourth-order valence-corrected chi connectivity index (χ4v) is 3.20. The lowest BCUT2D eigenvalue weighted by Crippen LogP contribution is -2.24. The molecule has 2 N–H and O–H groups in total. The van der Waals surface area contributed by atoms with Gasteiger partial charge in [0.2, 0.25) is 0 Å². The number of rotatable bonds is 4. The van der Waals surface area contributed by atoms with Crippen molar-refractivity contribution in [2.75, 3.05) is 11.9 Å². The van der Waals surface area contributed by atoms with E-state index in [1.54, 1.807) is 10.6 Å². The van der Waals surface area contributed by atoms with Crippen molar-refractivity contribution in [2.45, 2.75) is 19.5 Å². The van der Waals surface area contributed by atoms with Crippen LogP contribution in [0.4, 0.5) is 18.9 Å². The Kier molecular flexibility index (Phi) is 4.87. The molecule has 4 rings (SSSR count). The summed E-state index contributed by atoms with van der Waals surface area (Å²) in [4.78, 5) is 16.4. The van der Waals surface area contributed by atoms with Gasteiger partial charge in [0.1, 0.15) is 11.5 Å². The Bertz CT molecular complexity index is 1050. The van der Waals surface area contributed by atoms with E-state index in [-0.39, 0.29) is 17.9 Å². The predicted octanol–water partition coefficient (Wildman–Crippen LogP) is 3.25. The number of nitrogens with one attached hydrogen (secondary N) is 2. The van der Waals surface area contributed by atoms with Gasteiger partial charge in [0.05, 0.1) is 12.0 Å². The molecule has 2 heterocycles. The fraction of sp³-hybridized carbons (Fsp3) is 0.200. The van der Waals surface area contributed by atoms with Crippen molar-refractivity contribution in [2.24, 2.45) is 0 Å². The van der Waals surface area contributed by atoms with Crippen LogP contribution in [-0.4, -0.2) is 22.0 Å². The van der Waals surface area contributed by atoms with E-state index < -0.39 is 23.4 Å². The van der Waals surface area contributed by atoms with Crippen LogP contribution in [0.3, 0.4) is 0 Å². The Morgan fingerprint density at radius 2 is 1.96 bits per heavy atom. The molecule has 0 unspecified atom stereocenters. The van der Waals surface area contributed by atoms with Crippen LogP contribution in [0.15, 0.2) is 42.9 Å². The number of anilines is 1. The molecule has 1 amide bonds. The summed E-state index contributed by atoms with van der Waals surface area (Å²) < 4.78 is 42.2. The Morgan fingerprint density at radius 1 is 1.11 bits per heavy atom. The first-order valence-electron chi connectivity index (χ1n) is 8.78. The zero-order valence-corrected chi connectivity index (χ0v) is 14.8. The van der Waals surface area contributed by atoms with Gasteiger partial charge in [0.15, 0.2) is 11.6 Å². The van der Waals surface area contributed by atoms with Crippen LogP contribution in [0.25, 0.3) is 0 Å². The van der Waals surface area contributed by atoms with Crippen molar-refractivity contribution in [3.05, 3.63) is 82.7 Å². The highest BCUT2D eigenvalue weighted by Crippen LogP contribution is 2.23. The number of amides is 1. The summed E-state index contributed by atoms with van der Waals surface area (Å²) >= 11 is 0. The summed E-state index contributed by atoms with van der Waals surface area (Å²) in [5, 5.41) is 5.72. The first kappa shape index (κ1) is 18.2. The third-order valence-corrected chi connectivity index (χ3v) is 4.64. The van der Waals surface area contributed by atoms with Gasteiger partial charge in [-0.1, -0.05) is 6.07 Å². The second-order valence-electron chi connectivity index (χ2n) is 6.66. The Hall–Kier alpha value is -3.13. The first-order chi connectivity index (χ1) is 13.5. The number of benzene rings is 2. The standard InChI is InChI=1S/C20H17F3N4O/c21-15-2-1-12(5-16(15)22)9-27-10-19(25-11-27)20(28)26-18-7-13-3-4-24-8-14(13)6-17(18)23/h1-2,5-7,10-11,24H,3-4,8-9H2,(H,26,28). The van der Waals surface area contributed by atoms with Crippen LogP contribution in [0.5, 0.6) is 0 Å². The van der Waals surface area contributed by atoms with Gasteiger partial charge in [-0.3, -0.25) is 4.79 Å². The van der Waals surface area contributed by atoms with E-state index in [4.69, 9.17) is 0 Å². The van der Waals surface area contributed by atoms with Gasteiger partial charge in [-0.25, -0.2) is 18.2 Å². The third-order valence-electron chi connectivity index (χ3n) is 4.64. The van der Waals surface area contributed by atoms with Crippen molar-refractivity contribution < 1.29 is 18.0 Å². The molecular formula is C20H17F3N4O. The van der Waals surface area contributed by atoms with Gasteiger partial charge in [0, 0.05) is 19.3 Å². The van der Waals surface area contributed by atoms with Gasteiger partial charge in [-0.2, -0.15) is 0 Å². The maximum Gasteiger partial charge on any atom is 0.275 e. The van der Waals surface area contributed by atoms with Gasteiger partial charge in [0.25, 0.3) is 5.91 Å². The van der Waals surface area contributed by atoms with Gasteiger partial charge in [-0.15, -0.1) is 0 Å². The second kappa shape index (κ2) is 7.47. The third kappa shape index (κ3) is 3.77. The fourth-order valence-electron chi connectivity index (χ4n) is 3.20. The number of hydrogen-bond acceptors (Lipinski definition) is 3. The van der Waals surface area contributed by atoms with Crippen LogP contribution in [0.1, 0.15) is 27.2 Å². The minimum Gasteiger partial charge on any atom is -0.332 e. The van der Waals surface area contributed by atoms with Crippen LogP contribution in [-0.2, 0) is 19.5 Å². The van der Waals surface area contributed by atoms with Gasteiger partial charge >= 0.3 is 0 Å². The molecule has 1 aromatic heterocycles. The molecule has 28 heavy (non-hydrogen) atoms. The average Bonchev–Trinajstić information content (AvgIpc) is 3.14. The lowest BCUT2D eigenvalue weighted by molar-refractivity contribution is 0.102. The van der Waals surface area contributed by atoms with E-state index in [0.29, 0.717) is 12.1 Å². The number of carbonyl (C=O) groups excluding carboxylic acids is 1. The van der Waals surface area contributed by atoms with E-state index in [1.807, 2.05) is 0 Å². The molecular weight excluding hydrogens is 369 g/mol. The maximum absolute atomic E-state index is 14.3. The highest BCUT2D eigenvalue weighted by molar-refractivity contribution is 6.02. The van der Waals surface area contributed by atoms with E-state index in [9.17, 15) is 18.0 Å². The van der Waals surface area contributed by atoms with E-state index in [2.05, 4.69) is 15.6 Å². The van der Waals surface area contributed by atoms with Crippen molar-refractivity contribution in [1.29, 1.82) is 0 Å². The Morgan fingerprint density at radius 3 is 2.79 bits per heavy atom. The molecule has 144 valence electrons. The molecule has 5 nitrogen and oxygen atoms in total. The zero-order valence-electron chi connectivity index (χ0n) is 14.8. The van der Waals surface area contributed by atoms with Crippen LogP contribution >= 0.6 is 0 Å². The van der Waals surface area contributed by atoms with E-state index in [1.165, 1.54) is 24.7 Å². The van der Waals surface area contributed by atoms with Gasteiger partial charge < -0.3 is 15.2 Å². The Balaban J connectivity index is 1.48. The lowest BCUT2D eigenvalue weighted by Gasteiger charge is -2.18. The smallest absolute Gasteiger partial charge is 0.275 e.